The van der Waals surface area contributed by atoms with Crippen molar-refractivity contribution in [3.63, 3.8) is 0 Å². The molecule has 94 valence electrons. The molecule has 2 rings (SSSR count). The Morgan fingerprint density at radius 2 is 2.06 bits per heavy atom. The van der Waals surface area contributed by atoms with E-state index in [0.29, 0.717) is 12.6 Å². The van der Waals surface area contributed by atoms with Gasteiger partial charge in [-0.2, -0.15) is 0 Å². The maximum Gasteiger partial charge on any atom is 0.131 e. The van der Waals surface area contributed by atoms with Crippen LogP contribution in [0.15, 0.2) is 12.3 Å². The second kappa shape index (κ2) is 5.50. The van der Waals surface area contributed by atoms with Crippen LogP contribution in [0.25, 0.3) is 0 Å². The van der Waals surface area contributed by atoms with E-state index >= 15 is 0 Å². The maximum absolute atomic E-state index is 5.63. The molecule has 3 nitrogen and oxygen atoms in total. The number of hydrogen-bond acceptors (Lipinski definition) is 3. The Morgan fingerprint density at radius 1 is 1.35 bits per heavy atom. The first kappa shape index (κ1) is 12.4. The van der Waals surface area contributed by atoms with Gasteiger partial charge in [-0.1, -0.05) is 19.3 Å². The number of rotatable bonds is 3. The molecule has 0 spiro atoms. The van der Waals surface area contributed by atoms with Crippen LogP contribution in [0, 0.1) is 6.92 Å². The van der Waals surface area contributed by atoms with Crippen LogP contribution in [0.4, 0.5) is 5.82 Å². The van der Waals surface area contributed by atoms with Crippen molar-refractivity contribution in [2.24, 2.45) is 5.73 Å². The summed E-state index contributed by atoms with van der Waals surface area (Å²) >= 11 is 0. The summed E-state index contributed by atoms with van der Waals surface area (Å²) in [7, 11) is 2.17. The summed E-state index contributed by atoms with van der Waals surface area (Å²) < 4.78 is 0. The minimum atomic E-state index is 0.571. The van der Waals surface area contributed by atoms with Gasteiger partial charge in [0.25, 0.3) is 0 Å². The SMILES string of the molecule is Cc1cc(CN)cnc1N(C)C1CCCCC1. The third kappa shape index (κ3) is 2.78. The van der Waals surface area contributed by atoms with Crippen molar-refractivity contribution >= 4 is 5.82 Å². The molecule has 0 unspecified atom stereocenters. The van der Waals surface area contributed by atoms with Crippen molar-refractivity contribution in [1.82, 2.24) is 4.98 Å². The standard InChI is InChI=1S/C14H23N3/c1-11-8-12(9-15)10-16-14(11)17(2)13-6-4-3-5-7-13/h8,10,13H,3-7,9,15H2,1-2H3. The molecular weight excluding hydrogens is 210 g/mol. The van der Waals surface area contributed by atoms with Gasteiger partial charge in [0.2, 0.25) is 0 Å². The normalized spacial score (nSPS) is 17.1. The van der Waals surface area contributed by atoms with Crippen LogP contribution < -0.4 is 10.6 Å². The molecule has 1 aliphatic rings. The van der Waals surface area contributed by atoms with E-state index < -0.39 is 0 Å². The minimum absolute atomic E-state index is 0.571. The molecule has 0 aromatic carbocycles. The highest BCUT2D eigenvalue weighted by molar-refractivity contribution is 5.47. The van der Waals surface area contributed by atoms with Gasteiger partial charge in [-0.15, -0.1) is 0 Å². The molecule has 1 aliphatic carbocycles. The Morgan fingerprint density at radius 3 is 2.65 bits per heavy atom. The Labute approximate surface area is 104 Å². The number of nitrogens with zero attached hydrogens (tertiary/aromatic N) is 2. The van der Waals surface area contributed by atoms with Gasteiger partial charge in [0, 0.05) is 25.8 Å². The molecule has 1 fully saturated rings. The lowest BCUT2D eigenvalue weighted by molar-refractivity contribution is 0.425. The van der Waals surface area contributed by atoms with Gasteiger partial charge in [0.05, 0.1) is 0 Å². The number of aryl methyl sites for hydroxylation is 1. The van der Waals surface area contributed by atoms with Crippen LogP contribution in [0.1, 0.15) is 43.2 Å². The van der Waals surface area contributed by atoms with Gasteiger partial charge in [-0.25, -0.2) is 4.98 Å². The molecule has 0 radical (unpaired) electrons. The van der Waals surface area contributed by atoms with Gasteiger partial charge in [-0.3, -0.25) is 0 Å². The molecule has 17 heavy (non-hydrogen) atoms. The number of pyridine rings is 1. The van der Waals surface area contributed by atoms with Crippen LogP contribution in [-0.2, 0) is 6.54 Å². The van der Waals surface area contributed by atoms with Crippen molar-refractivity contribution in [2.45, 2.75) is 51.6 Å². The quantitative estimate of drug-likeness (QED) is 0.872. The van der Waals surface area contributed by atoms with Crippen LogP contribution in [0.2, 0.25) is 0 Å². The molecule has 1 saturated carbocycles. The number of hydrogen-bond donors (Lipinski definition) is 1. The van der Waals surface area contributed by atoms with Crippen molar-refractivity contribution < 1.29 is 0 Å². The molecule has 3 heteroatoms. The summed E-state index contributed by atoms with van der Waals surface area (Å²) in [6.07, 6.45) is 8.61. The zero-order valence-corrected chi connectivity index (χ0v) is 10.9. The highest BCUT2D eigenvalue weighted by Gasteiger charge is 2.20. The second-order valence-electron chi connectivity index (χ2n) is 5.09. The first-order valence-corrected chi connectivity index (χ1v) is 6.61. The van der Waals surface area contributed by atoms with Crippen molar-refractivity contribution in [2.75, 3.05) is 11.9 Å². The van der Waals surface area contributed by atoms with E-state index in [1.807, 2.05) is 6.20 Å². The molecule has 1 aromatic heterocycles. The molecule has 0 amide bonds. The van der Waals surface area contributed by atoms with Crippen LogP contribution >= 0.6 is 0 Å². The summed E-state index contributed by atoms with van der Waals surface area (Å²) in [4.78, 5) is 6.93. The summed E-state index contributed by atoms with van der Waals surface area (Å²) in [6, 6.07) is 2.82. The third-order valence-electron chi connectivity index (χ3n) is 3.80. The van der Waals surface area contributed by atoms with Crippen LogP contribution in [0.5, 0.6) is 0 Å². The highest BCUT2D eigenvalue weighted by Crippen LogP contribution is 2.26. The molecule has 0 atom stereocenters. The maximum atomic E-state index is 5.63. The monoisotopic (exact) mass is 233 g/mol. The Kier molecular flexibility index (Phi) is 4.00. The zero-order chi connectivity index (χ0) is 12.3. The summed E-state index contributed by atoms with van der Waals surface area (Å²) in [5.41, 5.74) is 7.99. The first-order valence-electron chi connectivity index (χ1n) is 6.61. The Hall–Kier alpha value is -1.09. The third-order valence-corrected chi connectivity index (χ3v) is 3.80. The van der Waals surface area contributed by atoms with Gasteiger partial charge >= 0.3 is 0 Å². The average Bonchev–Trinajstić information content (AvgIpc) is 2.39. The molecule has 1 aromatic rings. The fraction of sp³-hybridized carbons (Fsp3) is 0.643. The average molecular weight is 233 g/mol. The predicted molar refractivity (Wildman–Crippen MR) is 72.1 cm³/mol. The predicted octanol–water partition coefficient (Wildman–Crippen LogP) is 2.62. The topological polar surface area (TPSA) is 42.1 Å². The second-order valence-corrected chi connectivity index (χ2v) is 5.09. The van der Waals surface area contributed by atoms with Gasteiger partial charge in [-0.05, 0) is 37.0 Å². The van der Waals surface area contributed by atoms with Crippen molar-refractivity contribution in [3.8, 4) is 0 Å². The van der Waals surface area contributed by atoms with E-state index in [1.165, 1.54) is 37.7 Å². The fourth-order valence-electron chi connectivity index (χ4n) is 2.75. The van der Waals surface area contributed by atoms with Crippen LogP contribution in [-0.4, -0.2) is 18.1 Å². The molecule has 0 aliphatic heterocycles. The molecule has 0 bridgehead atoms. The minimum Gasteiger partial charge on any atom is -0.356 e. The van der Waals surface area contributed by atoms with E-state index in [1.54, 1.807) is 0 Å². The molecular formula is C14H23N3. The first-order chi connectivity index (χ1) is 8.22. The van der Waals surface area contributed by atoms with Gasteiger partial charge < -0.3 is 10.6 Å². The lowest BCUT2D eigenvalue weighted by Gasteiger charge is -2.33. The molecule has 1 heterocycles. The van der Waals surface area contributed by atoms with Crippen molar-refractivity contribution in [3.05, 3.63) is 23.4 Å². The summed E-state index contributed by atoms with van der Waals surface area (Å²) in [6.45, 7) is 2.70. The Balaban J connectivity index is 2.15. The largest absolute Gasteiger partial charge is 0.356 e. The molecule has 2 N–H and O–H groups in total. The van der Waals surface area contributed by atoms with E-state index in [2.05, 4.69) is 29.9 Å². The fourth-order valence-corrected chi connectivity index (χ4v) is 2.75. The van der Waals surface area contributed by atoms with Crippen LogP contribution in [0.3, 0.4) is 0 Å². The van der Waals surface area contributed by atoms with Crippen molar-refractivity contribution in [1.29, 1.82) is 0 Å². The highest BCUT2D eigenvalue weighted by atomic mass is 15.2. The summed E-state index contributed by atoms with van der Waals surface area (Å²) in [5, 5.41) is 0. The Bertz CT molecular complexity index is 370. The van der Waals surface area contributed by atoms with Gasteiger partial charge in [0.1, 0.15) is 5.82 Å². The zero-order valence-electron chi connectivity index (χ0n) is 10.9. The summed E-state index contributed by atoms with van der Waals surface area (Å²) in [5.74, 6) is 1.12. The van der Waals surface area contributed by atoms with E-state index in [0.717, 1.165) is 11.4 Å². The van der Waals surface area contributed by atoms with E-state index in [9.17, 15) is 0 Å². The smallest absolute Gasteiger partial charge is 0.131 e. The lowest BCUT2D eigenvalue weighted by Crippen LogP contribution is -2.34. The number of aromatic nitrogens is 1. The lowest BCUT2D eigenvalue weighted by atomic mass is 9.94. The number of nitrogens with two attached hydrogens (primary N) is 1. The van der Waals surface area contributed by atoms with Gasteiger partial charge in [0.15, 0.2) is 0 Å². The van der Waals surface area contributed by atoms with E-state index in [-0.39, 0.29) is 0 Å². The number of anilines is 1. The van der Waals surface area contributed by atoms with E-state index in [4.69, 9.17) is 5.73 Å². The molecule has 0 saturated heterocycles.